The van der Waals surface area contributed by atoms with Crippen LogP contribution in [0.25, 0.3) is 0 Å². The van der Waals surface area contributed by atoms with Gasteiger partial charge in [0.05, 0.1) is 13.2 Å². The summed E-state index contributed by atoms with van der Waals surface area (Å²) in [5.41, 5.74) is 0. The van der Waals surface area contributed by atoms with Crippen LogP contribution >= 0.6 is 11.3 Å². The molecule has 1 fully saturated rings. The van der Waals surface area contributed by atoms with E-state index in [4.69, 9.17) is 4.74 Å². The first-order chi connectivity index (χ1) is 9.68. The zero-order chi connectivity index (χ0) is 14.4. The van der Waals surface area contributed by atoms with Gasteiger partial charge in [-0.3, -0.25) is 4.79 Å². The highest BCUT2D eigenvalue weighted by Gasteiger charge is 2.19. The maximum atomic E-state index is 12.1. The second-order valence-corrected chi connectivity index (χ2v) is 6.41. The van der Waals surface area contributed by atoms with Crippen molar-refractivity contribution in [2.75, 3.05) is 32.8 Å². The summed E-state index contributed by atoms with van der Waals surface area (Å²) < 4.78 is 5.26. The number of rotatable bonds is 6. The number of nitrogens with zero attached hydrogens (tertiary/aromatic N) is 1. The first-order valence-electron chi connectivity index (χ1n) is 7.31. The lowest BCUT2D eigenvalue weighted by atomic mass is 10.0. The fourth-order valence-electron chi connectivity index (χ4n) is 2.44. The van der Waals surface area contributed by atoms with Crippen molar-refractivity contribution in [2.45, 2.75) is 26.3 Å². The molecule has 0 bridgehead atoms. The average Bonchev–Trinajstić information content (AvgIpc) is 2.97. The lowest BCUT2D eigenvalue weighted by Gasteiger charge is -2.27. The standard InChI is InChI=1S/C15H24N2O2S/c1-12(2)15(13-4-3-11-20-13)16-6-5-14(18)17-7-9-19-10-8-17/h3-4,11-12,15-16H,5-10H2,1-2H3. The summed E-state index contributed by atoms with van der Waals surface area (Å²) in [6.07, 6.45) is 0.564. The SMILES string of the molecule is CC(C)C(NCCC(=O)N1CCOCC1)c1cccs1. The highest BCUT2D eigenvalue weighted by Crippen LogP contribution is 2.25. The number of carbonyl (C=O) groups is 1. The zero-order valence-electron chi connectivity index (χ0n) is 12.3. The van der Waals surface area contributed by atoms with Crippen molar-refractivity contribution in [1.82, 2.24) is 10.2 Å². The van der Waals surface area contributed by atoms with Gasteiger partial charge in [0.2, 0.25) is 5.91 Å². The molecule has 1 amide bonds. The number of amides is 1. The summed E-state index contributed by atoms with van der Waals surface area (Å²) in [5, 5.41) is 5.63. The van der Waals surface area contributed by atoms with Crippen molar-refractivity contribution in [2.24, 2.45) is 5.92 Å². The van der Waals surface area contributed by atoms with Crippen molar-refractivity contribution >= 4 is 17.2 Å². The number of hydrogen-bond donors (Lipinski definition) is 1. The zero-order valence-corrected chi connectivity index (χ0v) is 13.1. The maximum absolute atomic E-state index is 12.1. The number of thiophene rings is 1. The summed E-state index contributed by atoms with van der Waals surface area (Å²) >= 11 is 1.77. The van der Waals surface area contributed by atoms with Gasteiger partial charge in [-0.05, 0) is 17.4 Å². The number of morpholine rings is 1. The molecule has 1 atom stereocenters. The summed E-state index contributed by atoms with van der Waals surface area (Å²) in [7, 11) is 0. The average molecular weight is 296 g/mol. The summed E-state index contributed by atoms with van der Waals surface area (Å²) in [5.74, 6) is 0.752. The van der Waals surface area contributed by atoms with E-state index in [0.29, 0.717) is 31.6 Å². The van der Waals surface area contributed by atoms with Gasteiger partial charge in [0.15, 0.2) is 0 Å². The van der Waals surface area contributed by atoms with Gasteiger partial charge in [-0.2, -0.15) is 0 Å². The number of hydrogen-bond acceptors (Lipinski definition) is 4. The summed E-state index contributed by atoms with van der Waals surface area (Å²) in [4.78, 5) is 15.3. The van der Waals surface area contributed by atoms with Crippen molar-refractivity contribution < 1.29 is 9.53 Å². The topological polar surface area (TPSA) is 41.6 Å². The van der Waals surface area contributed by atoms with E-state index < -0.39 is 0 Å². The Balaban J connectivity index is 1.77. The first kappa shape index (κ1) is 15.5. The molecule has 0 spiro atoms. The highest BCUT2D eigenvalue weighted by atomic mass is 32.1. The normalized spacial score (nSPS) is 17.4. The third-order valence-corrected chi connectivity index (χ3v) is 4.54. The Bertz CT molecular complexity index is 400. The summed E-state index contributed by atoms with van der Waals surface area (Å²) in [6, 6.07) is 4.58. The molecule has 5 heteroatoms. The molecule has 2 heterocycles. The van der Waals surface area contributed by atoms with E-state index in [9.17, 15) is 4.79 Å². The Hall–Kier alpha value is -0.910. The molecule has 2 rings (SSSR count). The third-order valence-electron chi connectivity index (χ3n) is 3.58. The lowest BCUT2D eigenvalue weighted by molar-refractivity contribution is -0.135. The van der Waals surface area contributed by atoms with Gasteiger partial charge < -0.3 is 15.0 Å². The van der Waals surface area contributed by atoms with Crippen LogP contribution in [-0.2, 0) is 9.53 Å². The molecule has 1 N–H and O–H groups in total. The summed E-state index contributed by atoms with van der Waals surface area (Å²) in [6.45, 7) is 7.96. The van der Waals surface area contributed by atoms with Crippen LogP contribution in [0.4, 0.5) is 0 Å². The predicted octanol–water partition coefficient (Wildman–Crippen LogP) is 2.28. The van der Waals surface area contributed by atoms with Crippen molar-refractivity contribution in [3.63, 3.8) is 0 Å². The van der Waals surface area contributed by atoms with E-state index >= 15 is 0 Å². The molecule has 4 nitrogen and oxygen atoms in total. The van der Waals surface area contributed by atoms with Gasteiger partial charge >= 0.3 is 0 Å². The molecule has 1 unspecified atom stereocenters. The van der Waals surface area contributed by atoms with Crippen LogP contribution in [0.2, 0.25) is 0 Å². The smallest absolute Gasteiger partial charge is 0.224 e. The van der Waals surface area contributed by atoms with Crippen molar-refractivity contribution in [1.29, 1.82) is 0 Å². The van der Waals surface area contributed by atoms with Gasteiger partial charge in [0.25, 0.3) is 0 Å². The van der Waals surface area contributed by atoms with Gasteiger partial charge in [-0.15, -0.1) is 11.3 Å². The molecule has 1 saturated heterocycles. The molecule has 0 aromatic carbocycles. The van der Waals surface area contributed by atoms with Gasteiger partial charge in [-0.1, -0.05) is 19.9 Å². The first-order valence-corrected chi connectivity index (χ1v) is 8.18. The van der Waals surface area contributed by atoms with E-state index in [1.807, 2.05) is 4.90 Å². The Morgan fingerprint density at radius 3 is 2.80 bits per heavy atom. The number of ether oxygens (including phenoxy) is 1. The van der Waals surface area contributed by atoms with Crippen LogP contribution in [0.5, 0.6) is 0 Å². The van der Waals surface area contributed by atoms with Crippen LogP contribution in [0.15, 0.2) is 17.5 Å². The molecule has 0 aliphatic carbocycles. The van der Waals surface area contributed by atoms with E-state index in [0.717, 1.165) is 19.6 Å². The van der Waals surface area contributed by atoms with Crippen LogP contribution in [0.1, 0.15) is 31.2 Å². The molecule has 1 aromatic heterocycles. The minimum Gasteiger partial charge on any atom is -0.378 e. The van der Waals surface area contributed by atoms with Crippen molar-refractivity contribution in [3.8, 4) is 0 Å². The Morgan fingerprint density at radius 2 is 2.20 bits per heavy atom. The molecule has 0 radical (unpaired) electrons. The Labute approximate surface area is 125 Å². The minimum absolute atomic E-state index is 0.231. The lowest BCUT2D eigenvalue weighted by Crippen LogP contribution is -2.42. The second-order valence-electron chi connectivity index (χ2n) is 5.43. The van der Waals surface area contributed by atoms with Gasteiger partial charge in [0.1, 0.15) is 0 Å². The molecule has 20 heavy (non-hydrogen) atoms. The molecular formula is C15H24N2O2S. The van der Waals surface area contributed by atoms with Crippen molar-refractivity contribution in [3.05, 3.63) is 22.4 Å². The Kier molecular flexibility index (Phi) is 6.01. The van der Waals surface area contributed by atoms with E-state index in [1.165, 1.54) is 4.88 Å². The molecule has 0 saturated carbocycles. The fraction of sp³-hybridized carbons (Fsp3) is 0.667. The largest absolute Gasteiger partial charge is 0.378 e. The quantitative estimate of drug-likeness (QED) is 0.875. The van der Waals surface area contributed by atoms with Gasteiger partial charge in [-0.25, -0.2) is 0 Å². The maximum Gasteiger partial charge on any atom is 0.224 e. The second kappa shape index (κ2) is 7.76. The van der Waals surface area contributed by atoms with E-state index in [2.05, 4.69) is 36.7 Å². The number of nitrogens with one attached hydrogen (secondary N) is 1. The highest BCUT2D eigenvalue weighted by molar-refractivity contribution is 7.10. The van der Waals surface area contributed by atoms with Crippen LogP contribution in [0, 0.1) is 5.92 Å². The Morgan fingerprint density at radius 1 is 1.45 bits per heavy atom. The van der Waals surface area contributed by atoms with E-state index in [-0.39, 0.29) is 5.91 Å². The molecular weight excluding hydrogens is 272 g/mol. The third kappa shape index (κ3) is 4.30. The monoisotopic (exact) mass is 296 g/mol. The number of carbonyl (C=O) groups excluding carboxylic acids is 1. The predicted molar refractivity (Wildman–Crippen MR) is 81.9 cm³/mol. The minimum atomic E-state index is 0.231. The molecule has 112 valence electrons. The molecule has 1 aromatic rings. The van der Waals surface area contributed by atoms with Gasteiger partial charge in [0, 0.05) is 37.0 Å². The fourth-order valence-corrected chi connectivity index (χ4v) is 3.41. The van der Waals surface area contributed by atoms with E-state index in [1.54, 1.807) is 11.3 Å². The molecule has 1 aliphatic heterocycles. The van der Waals surface area contributed by atoms with Crippen LogP contribution in [-0.4, -0.2) is 43.7 Å². The van der Waals surface area contributed by atoms with Crippen LogP contribution < -0.4 is 5.32 Å². The van der Waals surface area contributed by atoms with Crippen LogP contribution in [0.3, 0.4) is 0 Å². The molecule has 1 aliphatic rings.